The van der Waals surface area contributed by atoms with Gasteiger partial charge in [0.15, 0.2) is 0 Å². The monoisotopic (exact) mass is 169 g/mol. The molecular weight excluding hydrogens is 154 g/mol. The van der Waals surface area contributed by atoms with Crippen molar-refractivity contribution >= 4 is 11.7 Å². The van der Waals surface area contributed by atoms with Crippen LogP contribution < -0.4 is 0 Å². The zero-order chi connectivity index (χ0) is 9.14. The highest BCUT2D eigenvalue weighted by Gasteiger charge is 2.23. The number of hydrogen-bond acceptors (Lipinski definition) is 2. The number of likely N-dealkylation sites (tertiary alicyclic amines) is 1. The SMILES string of the molecule is CC(=O)[C@@H]1CCCN(C(C)=O)C1. The molecule has 0 radical (unpaired) electrons. The van der Waals surface area contributed by atoms with Crippen molar-refractivity contribution in [1.29, 1.82) is 0 Å². The highest BCUT2D eigenvalue weighted by molar-refractivity contribution is 5.80. The number of ketones is 1. The summed E-state index contributed by atoms with van der Waals surface area (Å²) in [4.78, 5) is 23.8. The molecular formula is C9H15NO2. The van der Waals surface area contributed by atoms with Crippen molar-refractivity contribution in [1.82, 2.24) is 4.90 Å². The van der Waals surface area contributed by atoms with Gasteiger partial charge in [0.1, 0.15) is 5.78 Å². The van der Waals surface area contributed by atoms with Crippen molar-refractivity contribution in [2.45, 2.75) is 26.7 Å². The minimum absolute atomic E-state index is 0.0842. The molecule has 1 aliphatic heterocycles. The van der Waals surface area contributed by atoms with Crippen molar-refractivity contribution in [3.05, 3.63) is 0 Å². The molecule has 1 saturated heterocycles. The van der Waals surface area contributed by atoms with E-state index < -0.39 is 0 Å². The lowest BCUT2D eigenvalue weighted by molar-refractivity contribution is -0.132. The zero-order valence-corrected chi connectivity index (χ0v) is 7.67. The molecule has 1 atom stereocenters. The Bertz CT molecular complexity index is 181. The molecule has 1 aliphatic rings. The fourth-order valence-electron chi connectivity index (χ4n) is 1.59. The van der Waals surface area contributed by atoms with Gasteiger partial charge in [0.05, 0.1) is 0 Å². The third-order valence-corrected chi connectivity index (χ3v) is 2.44. The molecule has 1 heterocycles. The number of rotatable bonds is 1. The van der Waals surface area contributed by atoms with Gasteiger partial charge >= 0.3 is 0 Å². The molecule has 3 heteroatoms. The van der Waals surface area contributed by atoms with Gasteiger partial charge in [-0.15, -0.1) is 0 Å². The number of carbonyl (C=O) groups is 2. The van der Waals surface area contributed by atoms with Crippen molar-refractivity contribution in [2.75, 3.05) is 13.1 Å². The molecule has 0 unspecified atom stereocenters. The summed E-state index contributed by atoms with van der Waals surface area (Å²) in [5, 5.41) is 0. The summed E-state index contributed by atoms with van der Waals surface area (Å²) in [5.41, 5.74) is 0. The van der Waals surface area contributed by atoms with Gasteiger partial charge in [0, 0.05) is 25.9 Å². The molecule has 0 saturated carbocycles. The lowest BCUT2D eigenvalue weighted by Gasteiger charge is -2.30. The minimum Gasteiger partial charge on any atom is -0.342 e. The summed E-state index contributed by atoms with van der Waals surface area (Å²) in [6.45, 7) is 4.61. The first-order valence-corrected chi connectivity index (χ1v) is 4.37. The highest BCUT2D eigenvalue weighted by Crippen LogP contribution is 2.16. The first-order valence-electron chi connectivity index (χ1n) is 4.37. The van der Waals surface area contributed by atoms with Crippen LogP contribution in [0.15, 0.2) is 0 Å². The summed E-state index contributed by atoms with van der Waals surface area (Å²) in [5.74, 6) is 0.379. The molecule has 0 aromatic heterocycles. The maximum absolute atomic E-state index is 11.0. The van der Waals surface area contributed by atoms with Crippen molar-refractivity contribution in [3.8, 4) is 0 Å². The van der Waals surface area contributed by atoms with E-state index in [0.29, 0.717) is 6.54 Å². The smallest absolute Gasteiger partial charge is 0.219 e. The minimum atomic E-state index is 0.0842. The Kier molecular flexibility index (Phi) is 2.84. The van der Waals surface area contributed by atoms with E-state index in [1.54, 1.807) is 18.7 Å². The Balaban J connectivity index is 2.51. The molecule has 68 valence electrons. The van der Waals surface area contributed by atoms with Crippen LogP contribution >= 0.6 is 0 Å². The van der Waals surface area contributed by atoms with Crippen LogP contribution in [0.5, 0.6) is 0 Å². The highest BCUT2D eigenvalue weighted by atomic mass is 16.2. The molecule has 1 fully saturated rings. The van der Waals surface area contributed by atoms with E-state index in [-0.39, 0.29) is 17.6 Å². The normalized spacial score (nSPS) is 23.8. The number of Topliss-reactive ketones (excluding diaryl/α,β-unsaturated/α-hetero) is 1. The largest absolute Gasteiger partial charge is 0.342 e. The number of carbonyl (C=O) groups excluding carboxylic acids is 2. The Morgan fingerprint density at radius 2 is 2.00 bits per heavy atom. The van der Waals surface area contributed by atoms with Crippen LogP contribution in [0.4, 0.5) is 0 Å². The maximum atomic E-state index is 11.0. The van der Waals surface area contributed by atoms with Gasteiger partial charge in [-0.3, -0.25) is 9.59 Å². The van der Waals surface area contributed by atoms with Gasteiger partial charge in [0.2, 0.25) is 5.91 Å². The molecule has 0 aromatic rings. The predicted octanol–water partition coefficient (Wildman–Crippen LogP) is 0.834. The fourth-order valence-corrected chi connectivity index (χ4v) is 1.59. The Morgan fingerprint density at radius 1 is 1.33 bits per heavy atom. The van der Waals surface area contributed by atoms with E-state index in [2.05, 4.69) is 0 Å². The Hall–Kier alpha value is -0.860. The molecule has 0 aliphatic carbocycles. The summed E-state index contributed by atoms with van der Waals surface area (Å²) < 4.78 is 0. The van der Waals surface area contributed by atoms with Crippen LogP contribution in [0.3, 0.4) is 0 Å². The molecule has 1 amide bonds. The van der Waals surface area contributed by atoms with Crippen LogP contribution in [-0.2, 0) is 9.59 Å². The van der Waals surface area contributed by atoms with Gasteiger partial charge < -0.3 is 4.90 Å². The number of nitrogens with zero attached hydrogens (tertiary/aromatic N) is 1. The predicted molar refractivity (Wildman–Crippen MR) is 45.7 cm³/mol. The standard InChI is InChI=1S/C9H15NO2/c1-7(11)9-4-3-5-10(6-9)8(2)12/h9H,3-6H2,1-2H3/t9-/m1/s1. The van der Waals surface area contributed by atoms with Crippen molar-refractivity contribution in [2.24, 2.45) is 5.92 Å². The summed E-state index contributed by atoms with van der Waals surface area (Å²) in [6, 6.07) is 0. The number of hydrogen-bond donors (Lipinski definition) is 0. The third kappa shape index (κ3) is 2.06. The molecule has 1 rings (SSSR count). The van der Waals surface area contributed by atoms with Crippen LogP contribution in [0, 0.1) is 5.92 Å². The summed E-state index contributed by atoms with van der Waals surface area (Å²) in [6.07, 6.45) is 1.91. The zero-order valence-electron chi connectivity index (χ0n) is 7.67. The third-order valence-electron chi connectivity index (χ3n) is 2.44. The summed E-state index contributed by atoms with van der Waals surface area (Å²) >= 11 is 0. The van der Waals surface area contributed by atoms with E-state index in [4.69, 9.17) is 0 Å². The van der Waals surface area contributed by atoms with Gasteiger partial charge in [-0.2, -0.15) is 0 Å². The number of piperidine rings is 1. The first kappa shape index (κ1) is 9.23. The van der Waals surface area contributed by atoms with Crippen LogP contribution in [-0.4, -0.2) is 29.7 Å². The van der Waals surface area contributed by atoms with Crippen molar-refractivity contribution < 1.29 is 9.59 Å². The topological polar surface area (TPSA) is 37.4 Å². The second-order valence-electron chi connectivity index (χ2n) is 3.41. The van der Waals surface area contributed by atoms with Crippen molar-refractivity contribution in [3.63, 3.8) is 0 Å². The van der Waals surface area contributed by atoms with E-state index >= 15 is 0 Å². The first-order chi connectivity index (χ1) is 5.61. The van der Waals surface area contributed by atoms with Crippen LogP contribution in [0.1, 0.15) is 26.7 Å². The summed E-state index contributed by atoms with van der Waals surface area (Å²) in [7, 11) is 0. The molecule has 0 N–H and O–H groups in total. The maximum Gasteiger partial charge on any atom is 0.219 e. The second kappa shape index (κ2) is 3.70. The van der Waals surface area contributed by atoms with E-state index in [1.165, 1.54) is 0 Å². The molecule has 0 bridgehead atoms. The number of amides is 1. The lowest BCUT2D eigenvalue weighted by atomic mass is 9.95. The fraction of sp³-hybridized carbons (Fsp3) is 0.778. The van der Waals surface area contributed by atoms with Gasteiger partial charge in [-0.1, -0.05) is 0 Å². The van der Waals surface area contributed by atoms with E-state index in [0.717, 1.165) is 19.4 Å². The van der Waals surface area contributed by atoms with Crippen LogP contribution in [0.25, 0.3) is 0 Å². The average molecular weight is 169 g/mol. The van der Waals surface area contributed by atoms with E-state index in [1.807, 2.05) is 0 Å². The second-order valence-corrected chi connectivity index (χ2v) is 3.41. The van der Waals surface area contributed by atoms with E-state index in [9.17, 15) is 9.59 Å². The quantitative estimate of drug-likeness (QED) is 0.583. The Labute approximate surface area is 72.7 Å². The molecule has 12 heavy (non-hydrogen) atoms. The molecule has 3 nitrogen and oxygen atoms in total. The lowest BCUT2D eigenvalue weighted by Crippen LogP contribution is -2.40. The van der Waals surface area contributed by atoms with Gasteiger partial charge in [-0.05, 0) is 19.8 Å². The molecule has 0 spiro atoms. The Morgan fingerprint density at radius 3 is 2.50 bits per heavy atom. The average Bonchev–Trinajstić information content (AvgIpc) is 2.04. The van der Waals surface area contributed by atoms with Crippen LogP contribution in [0.2, 0.25) is 0 Å². The van der Waals surface area contributed by atoms with Gasteiger partial charge in [-0.25, -0.2) is 0 Å². The van der Waals surface area contributed by atoms with Gasteiger partial charge in [0.25, 0.3) is 0 Å². The molecule has 0 aromatic carbocycles.